The molecule has 0 spiro atoms. The maximum atomic E-state index is 5.31. The van der Waals surface area contributed by atoms with Crippen molar-refractivity contribution in [1.29, 1.82) is 0 Å². The molecule has 1 aromatic carbocycles. The fraction of sp³-hybridized carbons (Fsp3) is 0.467. The van der Waals surface area contributed by atoms with E-state index >= 15 is 0 Å². The van der Waals surface area contributed by atoms with Crippen LogP contribution in [0.2, 0.25) is 0 Å². The molecule has 2 heteroatoms. The molecule has 1 aromatic rings. The highest BCUT2D eigenvalue weighted by atomic mass is 127. The van der Waals surface area contributed by atoms with Gasteiger partial charge in [-0.25, -0.2) is 0 Å². The Bertz CT molecular complexity index is 392. The van der Waals surface area contributed by atoms with Gasteiger partial charge in [0.05, 0.1) is 0 Å². The normalized spacial score (nSPS) is 12.1. The zero-order valence-corrected chi connectivity index (χ0v) is 12.8. The first kappa shape index (κ1) is 14.5. The topological polar surface area (TPSA) is 12.0 Å². The van der Waals surface area contributed by atoms with E-state index < -0.39 is 0 Å². The van der Waals surface area contributed by atoms with E-state index in [0.29, 0.717) is 6.04 Å². The summed E-state index contributed by atoms with van der Waals surface area (Å²) in [5, 5.41) is 3.55. The van der Waals surface area contributed by atoms with Crippen LogP contribution >= 0.6 is 22.6 Å². The summed E-state index contributed by atoms with van der Waals surface area (Å²) < 4.78 is 1.37. The Morgan fingerprint density at radius 2 is 2.24 bits per heavy atom. The summed E-state index contributed by atoms with van der Waals surface area (Å²) in [4.78, 5) is 0. The zero-order chi connectivity index (χ0) is 12.7. The van der Waals surface area contributed by atoms with Gasteiger partial charge < -0.3 is 5.32 Å². The van der Waals surface area contributed by atoms with Crippen LogP contribution in [0.15, 0.2) is 18.2 Å². The van der Waals surface area contributed by atoms with E-state index in [2.05, 4.69) is 65.9 Å². The molecule has 0 bridgehead atoms. The summed E-state index contributed by atoms with van der Waals surface area (Å²) in [5.41, 5.74) is 2.76. The molecule has 1 N–H and O–H groups in total. The maximum Gasteiger partial charge on any atom is 0.0331 e. The molecule has 1 nitrogen and oxygen atoms in total. The van der Waals surface area contributed by atoms with Crippen LogP contribution in [0.4, 0.5) is 0 Å². The highest BCUT2D eigenvalue weighted by Gasteiger charge is 2.13. The number of aryl methyl sites for hydroxylation is 1. The van der Waals surface area contributed by atoms with Crippen molar-refractivity contribution in [2.45, 2.75) is 39.2 Å². The third kappa shape index (κ3) is 4.33. The molecule has 0 fully saturated rings. The largest absolute Gasteiger partial charge is 0.310 e. The lowest BCUT2D eigenvalue weighted by molar-refractivity contribution is 0.500. The summed E-state index contributed by atoms with van der Waals surface area (Å²) in [7, 11) is 0. The molecule has 0 aliphatic heterocycles. The average molecular weight is 341 g/mol. The molecule has 92 valence electrons. The maximum absolute atomic E-state index is 5.31. The summed E-state index contributed by atoms with van der Waals surface area (Å²) in [6, 6.07) is 6.95. The molecule has 17 heavy (non-hydrogen) atoms. The fourth-order valence-corrected chi connectivity index (χ4v) is 2.70. The second-order valence-corrected chi connectivity index (χ2v) is 5.26. The monoisotopic (exact) mass is 341 g/mol. The van der Waals surface area contributed by atoms with Gasteiger partial charge in [0.25, 0.3) is 0 Å². The molecule has 0 aromatic heterocycles. The van der Waals surface area contributed by atoms with E-state index in [4.69, 9.17) is 6.42 Å². The van der Waals surface area contributed by atoms with Crippen LogP contribution in [0.5, 0.6) is 0 Å². The number of halogens is 1. The second kappa shape index (κ2) is 7.73. The van der Waals surface area contributed by atoms with Gasteiger partial charge in [0.1, 0.15) is 0 Å². The molecule has 0 aliphatic rings. The number of unbranched alkanes of at least 4 members (excludes halogenated alkanes) is 1. The summed E-state index contributed by atoms with van der Waals surface area (Å²) in [6.07, 6.45) is 8.37. The highest BCUT2D eigenvalue weighted by Crippen LogP contribution is 2.26. The van der Waals surface area contributed by atoms with E-state index in [9.17, 15) is 0 Å². The van der Waals surface area contributed by atoms with Crippen LogP contribution in [-0.4, -0.2) is 6.54 Å². The standard InChI is InChI=1S/C15H20IN/c1-4-6-7-11-14(17-5-2)13-10-8-9-12(3)15(13)16/h1,8-10,14,17H,5-7,11H2,2-3H3. The Morgan fingerprint density at radius 3 is 2.88 bits per heavy atom. The van der Waals surface area contributed by atoms with Crippen molar-refractivity contribution in [1.82, 2.24) is 5.32 Å². The summed E-state index contributed by atoms with van der Waals surface area (Å²) in [5.74, 6) is 2.71. The van der Waals surface area contributed by atoms with Crippen molar-refractivity contribution >= 4 is 22.6 Å². The summed E-state index contributed by atoms with van der Waals surface area (Å²) >= 11 is 2.44. The zero-order valence-electron chi connectivity index (χ0n) is 10.6. The van der Waals surface area contributed by atoms with Gasteiger partial charge in [-0.1, -0.05) is 25.1 Å². The van der Waals surface area contributed by atoms with Gasteiger partial charge in [0.2, 0.25) is 0 Å². The van der Waals surface area contributed by atoms with E-state index in [0.717, 1.165) is 25.8 Å². The molecular weight excluding hydrogens is 321 g/mol. The number of rotatable bonds is 6. The van der Waals surface area contributed by atoms with Crippen LogP contribution in [0.1, 0.15) is 43.4 Å². The minimum atomic E-state index is 0.431. The van der Waals surface area contributed by atoms with Crippen molar-refractivity contribution < 1.29 is 0 Å². The molecule has 0 amide bonds. The van der Waals surface area contributed by atoms with Gasteiger partial charge in [-0.05, 0) is 60.0 Å². The number of hydrogen-bond acceptors (Lipinski definition) is 1. The Hall–Kier alpha value is -0.530. The highest BCUT2D eigenvalue weighted by molar-refractivity contribution is 14.1. The lowest BCUT2D eigenvalue weighted by Crippen LogP contribution is -2.22. The minimum absolute atomic E-state index is 0.431. The number of benzene rings is 1. The molecule has 0 saturated heterocycles. The van der Waals surface area contributed by atoms with Crippen LogP contribution in [0.3, 0.4) is 0 Å². The Morgan fingerprint density at radius 1 is 1.47 bits per heavy atom. The van der Waals surface area contributed by atoms with Crippen molar-refractivity contribution in [3.63, 3.8) is 0 Å². The fourth-order valence-electron chi connectivity index (χ4n) is 1.96. The number of terminal acetylenes is 1. The third-order valence-corrected chi connectivity index (χ3v) is 4.34. The Kier molecular flexibility index (Phi) is 6.61. The number of hydrogen-bond donors (Lipinski definition) is 1. The molecule has 1 unspecified atom stereocenters. The third-order valence-electron chi connectivity index (χ3n) is 2.86. The predicted molar refractivity (Wildman–Crippen MR) is 83.0 cm³/mol. The van der Waals surface area contributed by atoms with Gasteiger partial charge in [-0.3, -0.25) is 0 Å². The molecule has 0 heterocycles. The number of nitrogens with one attached hydrogen (secondary N) is 1. The van der Waals surface area contributed by atoms with Gasteiger partial charge in [-0.15, -0.1) is 12.3 Å². The van der Waals surface area contributed by atoms with E-state index in [1.807, 2.05) is 0 Å². The van der Waals surface area contributed by atoms with Gasteiger partial charge in [0.15, 0.2) is 0 Å². The van der Waals surface area contributed by atoms with E-state index in [-0.39, 0.29) is 0 Å². The summed E-state index contributed by atoms with van der Waals surface area (Å²) in [6.45, 7) is 5.30. The molecule has 1 atom stereocenters. The Labute approximate surface area is 119 Å². The molecule has 0 saturated carbocycles. The van der Waals surface area contributed by atoms with Crippen LogP contribution in [-0.2, 0) is 0 Å². The lowest BCUT2D eigenvalue weighted by Gasteiger charge is -2.20. The minimum Gasteiger partial charge on any atom is -0.310 e. The van der Waals surface area contributed by atoms with Gasteiger partial charge in [-0.2, -0.15) is 0 Å². The van der Waals surface area contributed by atoms with Crippen LogP contribution in [0.25, 0.3) is 0 Å². The van der Waals surface area contributed by atoms with E-state index in [1.165, 1.54) is 14.7 Å². The van der Waals surface area contributed by atoms with Crippen molar-refractivity contribution in [3.8, 4) is 12.3 Å². The molecule has 0 aliphatic carbocycles. The van der Waals surface area contributed by atoms with Crippen molar-refractivity contribution in [2.75, 3.05) is 6.54 Å². The first-order valence-corrected chi connectivity index (χ1v) is 7.20. The molecule has 0 radical (unpaired) electrons. The predicted octanol–water partition coefficient (Wildman–Crippen LogP) is 4.05. The van der Waals surface area contributed by atoms with Crippen LogP contribution in [0, 0.1) is 22.8 Å². The SMILES string of the molecule is C#CCCCC(NCC)c1cccc(C)c1I. The van der Waals surface area contributed by atoms with Gasteiger partial charge in [0, 0.05) is 16.0 Å². The van der Waals surface area contributed by atoms with Crippen LogP contribution < -0.4 is 5.32 Å². The Balaban J connectivity index is 2.82. The van der Waals surface area contributed by atoms with Crippen molar-refractivity contribution in [2.24, 2.45) is 0 Å². The van der Waals surface area contributed by atoms with E-state index in [1.54, 1.807) is 0 Å². The molecule has 1 rings (SSSR count). The smallest absolute Gasteiger partial charge is 0.0331 e. The van der Waals surface area contributed by atoms with Crippen molar-refractivity contribution in [3.05, 3.63) is 32.9 Å². The second-order valence-electron chi connectivity index (χ2n) is 4.18. The molecular formula is C15H20IN. The lowest BCUT2D eigenvalue weighted by atomic mass is 9.99. The van der Waals surface area contributed by atoms with Gasteiger partial charge >= 0.3 is 0 Å². The first-order chi connectivity index (χ1) is 8.20. The first-order valence-electron chi connectivity index (χ1n) is 6.12. The average Bonchev–Trinajstić information content (AvgIpc) is 2.32. The quantitative estimate of drug-likeness (QED) is 0.468.